The van der Waals surface area contributed by atoms with Gasteiger partial charge in [0.25, 0.3) is 0 Å². The Bertz CT molecular complexity index is 1060. The Labute approximate surface area is 192 Å². The van der Waals surface area contributed by atoms with Gasteiger partial charge in [0.1, 0.15) is 0 Å². The zero-order chi connectivity index (χ0) is 22.0. The number of benzene rings is 3. The molecule has 0 radical (unpaired) electrons. The summed E-state index contributed by atoms with van der Waals surface area (Å²) in [6.07, 6.45) is 5.62. The lowest BCUT2D eigenvalue weighted by Gasteiger charge is -2.20. The van der Waals surface area contributed by atoms with Crippen molar-refractivity contribution < 1.29 is 0 Å². The number of rotatable bonds is 11. The Morgan fingerprint density at radius 3 is 2.00 bits per heavy atom. The molecule has 3 heteroatoms. The van der Waals surface area contributed by atoms with E-state index in [-0.39, 0.29) is 0 Å². The molecule has 0 saturated carbocycles. The molecule has 0 unspecified atom stereocenters. The monoisotopic (exact) mass is 423 g/mol. The second kappa shape index (κ2) is 11.4. The summed E-state index contributed by atoms with van der Waals surface area (Å²) in [6, 6.07) is 31.9. The van der Waals surface area contributed by atoms with Crippen molar-refractivity contribution in [2.24, 2.45) is 0 Å². The van der Waals surface area contributed by atoms with E-state index in [0.717, 1.165) is 38.3 Å². The fourth-order valence-electron chi connectivity index (χ4n) is 4.24. The number of aromatic nitrogens is 2. The fraction of sp³-hybridized carbons (Fsp3) is 0.276. The third kappa shape index (κ3) is 5.74. The molecule has 3 aromatic carbocycles. The van der Waals surface area contributed by atoms with Crippen molar-refractivity contribution in [1.29, 1.82) is 0 Å². The van der Waals surface area contributed by atoms with Crippen molar-refractivity contribution in [3.8, 4) is 22.5 Å². The first-order valence-electron chi connectivity index (χ1n) is 11.8. The molecular formula is C29H33N3. The van der Waals surface area contributed by atoms with Crippen LogP contribution in [-0.4, -0.2) is 27.5 Å². The summed E-state index contributed by atoms with van der Waals surface area (Å²) < 4.78 is 2.33. The quantitative estimate of drug-likeness (QED) is 0.244. The topological polar surface area (TPSA) is 21.1 Å². The summed E-state index contributed by atoms with van der Waals surface area (Å²) in [5.41, 5.74) is 6.08. The molecule has 4 rings (SSSR count). The summed E-state index contributed by atoms with van der Waals surface area (Å²) in [4.78, 5) is 7.34. The highest BCUT2D eigenvalue weighted by atomic mass is 15.1. The standard InChI is InChI=1S/C29H33N3/c1-2-31(23-25-15-7-3-8-16-25)21-13-6-14-22-32-24-30-28(26-17-9-4-10-18-26)29(32)27-19-11-5-12-20-27/h3-5,7-12,15-20,24H,2,6,13-14,21-23H2,1H3. The first-order chi connectivity index (χ1) is 15.8. The highest BCUT2D eigenvalue weighted by Gasteiger charge is 2.14. The number of aryl methyl sites for hydroxylation is 1. The van der Waals surface area contributed by atoms with E-state index in [9.17, 15) is 0 Å². The Hall–Kier alpha value is -3.17. The number of hydrogen-bond acceptors (Lipinski definition) is 2. The van der Waals surface area contributed by atoms with E-state index in [2.05, 4.69) is 107 Å². The molecule has 1 heterocycles. The molecule has 0 bridgehead atoms. The molecule has 0 aliphatic carbocycles. The van der Waals surface area contributed by atoms with E-state index >= 15 is 0 Å². The van der Waals surface area contributed by atoms with Gasteiger partial charge in [-0.1, -0.05) is 104 Å². The van der Waals surface area contributed by atoms with Crippen LogP contribution in [0.3, 0.4) is 0 Å². The van der Waals surface area contributed by atoms with Gasteiger partial charge in [0.05, 0.1) is 17.7 Å². The van der Waals surface area contributed by atoms with Crippen LogP contribution in [0.2, 0.25) is 0 Å². The van der Waals surface area contributed by atoms with Crippen molar-refractivity contribution in [1.82, 2.24) is 14.5 Å². The molecule has 0 N–H and O–H groups in total. The van der Waals surface area contributed by atoms with Crippen molar-refractivity contribution >= 4 is 0 Å². The van der Waals surface area contributed by atoms with E-state index in [1.54, 1.807) is 0 Å². The van der Waals surface area contributed by atoms with E-state index in [1.165, 1.54) is 35.2 Å². The molecule has 0 saturated heterocycles. The van der Waals surface area contributed by atoms with Crippen molar-refractivity contribution in [2.45, 2.75) is 39.3 Å². The maximum Gasteiger partial charge on any atom is 0.0963 e. The molecule has 0 atom stereocenters. The smallest absolute Gasteiger partial charge is 0.0963 e. The van der Waals surface area contributed by atoms with Gasteiger partial charge in [-0.05, 0) is 31.5 Å². The second-order valence-electron chi connectivity index (χ2n) is 8.28. The Morgan fingerprint density at radius 1 is 0.719 bits per heavy atom. The van der Waals surface area contributed by atoms with Gasteiger partial charge in [-0.3, -0.25) is 4.90 Å². The van der Waals surface area contributed by atoms with Crippen LogP contribution in [0.4, 0.5) is 0 Å². The zero-order valence-corrected chi connectivity index (χ0v) is 19.0. The van der Waals surface area contributed by atoms with Gasteiger partial charge >= 0.3 is 0 Å². The van der Waals surface area contributed by atoms with E-state index in [4.69, 9.17) is 4.98 Å². The average molecular weight is 424 g/mol. The van der Waals surface area contributed by atoms with Gasteiger partial charge in [0, 0.05) is 24.2 Å². The molecule has 0 aliphatic heterocycles. The van der Waals surface area contributed by atoms with Crippen LogP contribution in [0.5, 0.6) is 0 Å². The van der Waals surface area contributed by atoms with Crippen molar-refractivity contribution in [2.75, 3.05) is 13.1 Å². The molecular weight excluding hydrogens is 390 g/mol. The van der Waals surface area contributed by atoms with Crippen LogP contribution in [-0.2, 0) is 13.1 Å². The molecule has 0 amide bonds. The summed E-state index contributed by atoms with van der Waals surface area (Å²) in [6.45, 7) is 6.53. The third-order valence-corrected chi connectivity index (χ3v) is 6.00. The minimum Gasteiger partial charge on any atom is -0.330 e. The first-order valence-corrected chi connectivity index (χ1v) is 11.8. The normalized spacial score (nSPS) is 11.2. The zero-order valence-electron chi connectivity index (χ0n) is 19.0. The summed E-state index contributed by atoms with van der Waals surface area (Å²) in [7, 11) is 0. The summed E-state index contributed by atoms with van der Waals surface area (Å²) >= 11 is 0. The Kier molecular flexibility index (Phi) is 7.89. The molecule has 3 nitrogen and oxygen atoms in total. The Morgan fingerprint density at radius 2 is 1.34 bits per heavy atom. The minimum atomic E-state index is 0.995. The number of imidazole rings is 1. The van der Waals surface area contributed by atoms with E-state index < -0.39 is 0 Å². The van der Waals surface area contributed by atoms with Crippen molar-refractivity contribution in [3.63, 3.8) is 0 Å². The predicted octanol–water partition coefficient (Wildman–Crippen LogP) is 6.91. The first kappa shape index (κ1) is 22.0. The minimum absolute atomic E-state index is 0.995. The van der Waals surface area contributed by atoms with Crippen LogP contribution >= 0.6 is 0 Å². The fourth-order valence-corrected chi connectivity index (χ4v) is 4.24. The van der Waals surface area contributed by atoms with Crippen LogP contribution in [0.1, 0.15) is 31.7 Å². The lowest BCUT2D eigenvalue weighted by Crippen LogP contribution is -2.24. The SMILES string of the molecule is CCN(CCCCCn1cnc(-c2ccccc2)c1-c1ccccc1)Cc1ccccc1. The largest absolute Gasteiger partial charge is 0.330 e. The van der Waals surface area contributed by atoms with Crippen LogP contribution in [0.15, 0.2) is 97.3 Å². The van der Waals surface area contributed by atoms with Crippen LogP contribution in [0, 0.1) is 0 Å². The van der Waals surface area contributed by atoms with Gasteiger partial charge in [-0.25, -0.2) is 4.98 Å². The number of hydrogen-bond donors (Lipinski definition) is 0. The average Bonchev–Trinajstić information content (AvgIpc) is 3.28. The third-order valence-electron chi connectivity index (χ3n) is 6.00. The highest BCUT2D eigenvalue weighted by molar-refractivity contribution is 5.78. The second-order valence-corrected chi connectivity index (χ2v) is 8.28. The molecule has 4 aromatic rings. The van der Waals surface area contributed by atoms with Gasteiger partial charge in [-0.2, -0.15) is 0 Å². The molecule has 164 valence electrons. The lowest BCUT2D eigenvalue weighted by atomic mass is 10.0. The van der Waals surface area contributed by atoms with E-state index in [1.807, 2.05) is 6.33 Å². The molecule has 0 aliphatic rings. The van der Waals surface area contributed by atoms with Crippen molar-refractivity contribution in [3.05, 3.63) is 103 Å². The van der Waals surface area contributed by atoms with E-state index in [0.29, 0.717) is 0 Å². The maximum atomic E-state index is 4.80. The van der Waals surface area contributed by atoms with Gasteiger partial charge < -0.3 is 4.57 Å². The predicted molar refractivity (Wildman–Crippen MR) is 134 cm³/mol. The molecule has 1 aromatic heterocycles. The molecule has 32 heavy (non-hydrogen) atoms. The molecule has 0 fully saturated rings. The highest BCUT2D eigenvalue weighted by Crippen LogP contribution is 2.31. The number of unbranched alkanes of at least 4 members (excludes halogenated alkanes) is 2. The number of nitrogens with zero attached hydrogens (tertiary/aromatic N) is 3. The lowest BCUT2D eigenvalue weighted by molar-refractivity contribution is 0.272. The van der Waals surface area contributed by atoms with Crippen LogP contribution < -0.4 is 0 Å². The Balaban J connectivity index is 1.37. The van der Waals surface area contributed by atoms with Gasteiger partial charge in [-0.15, -0.1) is 0 Å². The van der Waals surface area contributed by atoms with Gasteiger partial charge in [0.15, 0.2) is 0 Å². The van der Waals surface area contributed by atoms with Crippen LogP contribution in [0.25, 0.3) is 22.5 Å². The molecule has 0 spiro atoms. The maximum absolute atomic E-state index is 4.80. The summed E-state index contributed by atoms with van der Waals surface area (Å²) in [5.74, 6) is 0. The summed E-state index contributed by atoms with van der Waals surface area (Å²) in [5, 5.41) is 0. The van der Waals surface area contributed by atoms with Gasteiger partial charge in [0.2, 0.25) is 0 Å².